The van der Waals surface area contributed by atoms with Gasteiger partial charge in [0, 0.05) is 17.3 Å². The molecule has 2 heterocycles. The molecule has 0 fully saturated rings. The molecule has 132 valence electrons. The molecule has 0 amide bonds. The van der Waals surface area contributed by atoms with Crippen molar-refractivity contribution in [3.05, 3.63) is 53.0 Å². The highest BCUT2D eigenvalue weighted by Crippen LogP contribution is 2.34. The Morgan fingerprint density at radius 1 is 1.12 bits per heavy atom. The minimum Gasteiger partial charge on any atom is -0.363 e. The first-order chi connectivity index (χ1) is 11.7. The SMILES string of the molecule is Cc1cc(NC(C)c2cc(F)c(C(F)(F)F)cc2F)n2ncnc2n1. The number of benzene rings is 1. The smallest absolute Gasteiger partial charge is 0.363 e. The second-order valence-electron chi connectivity index (χ2n) is 5.47. The zero-order valence-corrected chi connectivity index (χ0v) is 13.1. The summed E-state index contributed by atoms with van der Waals surface area (Å²) >= 11 is 0. The molecule has 0 spiro atoms. The van der Waals surface area contributed by atoms with E-state index in [-0.39, 0.29) is 11.6 Å². The molecule has 0 aliphatic carbocycles. The van der Waals surface area contributed by atoms with Crippen molar-refractivity contribution in [1.29, 1.82) is 0 Å². The summed E-state index contributed by atoms with van der Waals surface area (Å²) in [6, 6.07) is 1.48. The Balaban J connectivity index is 1.97. The average molecular weight is 357 g/mol. The zero-order valence-electron chi connectivity index (χ0n) is 13.1. The maximum atomic E-state index is 14.1. The summed E-state index contributed by atoms with van der Waals surface area (Å²) in [5, 5.41) is 6.84. The zero-order chi connectivity index (χ0) is 18.4. The minimum atomic E-state index is -4.96. The lowest BCUT2D eigenvalue weighted by molar-refractivity contribution is -0.140. The summed E-state index contributed by atoms with van der Waals surface area (Å²) in [6.45, 7) is 3.20. The molecule has 1 atom stereocenters. The molecule has 0 saturated heterocycles. The third kappa shape index (κ3) is 3.24. The largest absolute Gasteiger partial charge is 0.419 e. The molecule has 25 heavy (non-hydrogen) atoms. The van der Waals surface area contributed by atoms with E-state index >= 15 is 0 Å². The van der Waals surface area contributed by atoms with Crippen molar-refractivity contribution in [1.82, 2.24) is 19.6 Å². The van der Waals surface area contributed by atoms with Crippen LogP contribution in [0.5, 0.6) is 0 Å². The highest BCUT2D eigenvalue weighted by Gasteiger charge is 2.35. The lowest BCUT2D eigenvalue weighted by Gasteiger charge is -2.18. The van der Waals surface area contributed by atoms with Gasteiger partial charge in [-0.1, -0.05) is 0 Å². The normalized spacial score (nSPS) is 13.2. The third-order valence-corrected chi connectivity index (χ3v) is 3.60. The van der Waals surface area contributed by atoms with Crippen molar-refractivity contribution in [2.75, 3.05) is 5.32 Å². The predicted molar refractivity (Wildman–Crippen MR) is 78.9 cm³/mol. The van der Waals surface area contributed by atoms with E-state index in [9.17, 15) is 22.0 Å². The Bertz CT molecular complexity index is 934. The molecule has 0 bridgehead atoms. The standard InChI is InChI=1S/C15H12F5N5/c1-7-3-13(25-14(23-7)21-6-22-25)24-8(2)9-4-12(17)10(5-11(9)16)15(18,19)20/h3-6,8,24H,1-2H3. The molecule has 1 unspecified atom stereocenters. The van der Waals surface area contributed by atoms with Gasteiger partial charge in [-0.05, 0) is 26.0 Å². The molecule has 10 heteroatoms. The Kier molecular flexibility index (Phi) is 4.05. The summed E-state index contributed by atoms with van der Waals surface area (Å²) in [5.41, 5.74) is -1.28. The number of aromatic nitrogens is 4. The molecule has 3 rings (SSSR count). The van der Waals surface area contributed by atoms with Crippen LogP contribution in [0.4, 0.5) is 27.8 Å². The second kappa shape index (κ2) is 5.94. The first-order valence-electron chi connectivity index (χ1n) is 7.17. The second-order valence-corrected chi connectivity index (χ2v) is 5.47. The number of halogens is 5. The first-order valence-corrected chi connectivity index (χ1v) is 7.17. The van der Waals surface area contributed by atoms with Crippen molar-refractivity contribution in [3.8, 4) is 0 Å². The van der Waals surface area contributed by atoms with Crippen LogP contribution in [-0.4, -0.2) is 19.6 Å². The van der Waals surface area contributed by atoms with E-state index in [1.54, 1.807) is 13.0 Å². The van der Waals surface area contributed by atoms with Gasteiger partial charge in [0.1, 0.15) is 23.8 Å². The maximum absolute atomic E-state index is 14.1. The number of alkyl halides is 3. The molecule has 0 saturated carbocycles. The number of hydrogen-bond donors (Lipinski definition) is 1. The molecular formula is C15H12F5N5. The molecule has 0 radical (unpaired) electrons. The molecule has 5 nitrogen and oxygen atoms in total. The van der Waals surface area contributed by atoms with Gasteiger partial charge in [-0.2, -0.15) is 27.8 Å². The van der Waals surface area contributed by atoms with E-state index in [0.29, 0.717) is 23.4 Å². The lowest BCUT2D eigenvalue weighted by atomic mass is 10.0. The van der Waals surface area contributed by atoms with E-state index in [1.807, 2.05) is 0 Å². The summed E-state index contributed by atoms with van der Waals surface area (Å²) in [4.78, 5) is 8.07. The minimum absolute atomic E-state index is 0.158. The molecule has 0 aliphatic rings. The van der Waals surface area contributed by atoms with Crippen molar-refractivity contribution >= 4 is 11.6 Å². The van der Waals surface area contributed by atoms with Crippen molar-refractivity contribution in [3.63, 3.8) is 0 Å². The van der Waals surface area contributed by atoms with E-state index < -0.39 is 29.4 Å². The maximum Gasteiger partial charge on any atom is 0.419 e. The van der Waals surface area contributed by atoms with E-state index in [0.717, 1.165) is 0 Å². The van der Waals surface area contributed by atoms with Crippen LogP contribution in [0.2, 0.25) is 0 Å². The van der Waals surface area contributed by atoms with Gasteiger partial charge in [0.05, 0.1) is 11.6 Å². The topological polar surface area (TPSA) is 55.1 Å². The summed E-state index contributed by atoms with van der Waals surface area (Å²) in [5.74, 6) is -2.00. The number of fused-ring (bicyclic) bond motifs is 1. The highest BCUT2D eigenvalue weighted by molar-refractivity contribution is 5.46. The van der Waals surface area contributed by atoms with Crippen LogP contribution in [0.25, 0.3) is 5.78 Å². The van der Waals surface area contributed by atoms with Crippen LogP contribution in [0.15, 0.2) is 24.5 Å². The monoisotopic (exact) mass is 357 g/mol. The number of nitrogens with zero attached hydrogens (tertiary/aromatic N) is 4. The van der Waals surface area contributed by atoms with Crippen molar-refractivity contribution in [2.24, 2.45) is 0 Å². The summed E-state index contributed by atoms with van der Waals surface area (Å²) in [7, 11) is 0. The van der Waals surface area contributed by atoms with Crippen LogP contribution in [0.1, 0.15) is 29.8 Å². The number of anilines is 1. The number of hydrogen-bond acceptors (Lipinski definition) is 4. The van der Waals surface area contributed by atoms with E-state index in [2.05, 4.69) is 20.4 Å². The first kappa shape index (κ1) is 17.1. The fourth-order valence-corrected chi connectivity index (χ4v) is 2.44. The van der Waals surface area contributed by atoms with E-state index in [1.165, 1.54) is 17.8 Å². The average Bonchev–Trinajstić information content (AvgIpc) is 2.96. The fourth-order valence-electron chi connectivity index (χ4n) is 2.44. The van der Waals surface area contributed by atoms with Gasteiger partial charge in [0.2, 0.25) is 0 Å². The van der Waals surface area contributed by atoms with Gasteiger partial charge in [0.15, 0.2) is 0 Å². The highest BCUT2D eigenvalue weighted by atomic mass is 19.4. The van der Waals surface area contributed by atoms with Crippen LogP contribution in [0, 0.1) is 18.6 Å². The Morgan fingerprint density at radius 3 is 2.52 bits per heavy atom. The van der Waals surface area contributed by atoms with Crippen LogP contribution in [-0.2, 0) is 6.18 Å². The lowest BCUT2D eigenvalue weighted by Crippen LogP contribution is -2.15. The Labute approximate surface area is 138 Å². The Morgan fingerprint density at radius 2 is 1.84 bits per heavy atom. The number of rotatable bonds is 3. The predicted octanol–water partition coefficient (Wildman–Crippen LogP) is 3.90. The van der Waals surface area contributed by atoms with Gasteiger partial charge >= 0.3 is 6.18 Å². The molecule has 3 aromatic rings. The number of aryl methyl sites for hydroxylation is 1. The molecule has 1 N–H and O–H groups in total. The van der Waals surface area contributed by atoms with Gasteiger partial charge in [-0.3, -0.25) is 0 Å². The summed E-state index contributed by atoms with van der Waals surface area (Å²) < 4.78 is 67.1. The van der Waals surface area contributed by atoms with Crippen LogP contribution < -0.4 is 5.32 Å². The van der Waals surface area contributed by atoms with Gasteiger partial charge in [0.25, 0.3) is 5.78 Å². The van der Waals surface area contributed by atoms with Crippen LogP contribution in [0.3, 0.4) is 0 Å². The fraction of sp³-hybridized carbons (Fsp3) is 0.267. The molecule has 2 aromatic heterocycles. The quantitative estimate of drug-likeness (QED) is 0.723. The van der Waals surface area contributed by atoms with E-state index in [4.69, 9.17) is 0 Å². The van der Waals surface area contributed by atoms with Crippen molar-refractivity contribution in [2.45, 2.75) is 26.1 Å². The molecule has 1 aromatic carbocycles. The van der Waals surface area contributed by atoms with Gasteiger partial charge in [-0.25, -0.2) is 13.8 Å². The van der Waals surface area contributed by atoms with Crippen LogP contribution >= 0.6 is 0 Å². The van der Waals surface area contributed by atoms with Crippen molar-refractivity contribution < 1.29 is 22.0 Å². The number of nitrogens with one attached hydrogen (secondary N) is 1. The molecule has 0 aliphatic heterocycles. The molecular weight excluding hydrogens is 345 g/mol. The van der Waals surface area contributed by atoms with Gasteiger partial charge < -0.3 is 5.32 Å². The Hall–Kier alpha value is -2.78. The third-order valence-electron chi connectivity index (χ3n) is 3.60. The summed E-state index contributed by atoms with van der Waals surface area (Å²) in [6.07, 6.45) is -3.69. The van der Waals surface area contributed by atoms with Gasteiger partial charge in [-0.15, -0.1) is 0 Å².